The minimum absolute atomic E-state index is 0.0632. The monoisotopic (exact) mass is 327 g/mol. The molecular formula is C14H18BrNO3. The predicted octanol–water partition coefficient (Wildman–Crippen LogP) is 3.80. The second kappa shape index (κ2) is 5.41. The zero-order chi connectivity index (χ0) is 14.0. The molecule has 1 aromatic rings. The zero-order valence-electron chi connectivity index (χ0n) is 11.3. The summed E-state index contributed by atoms with van der Waals surface area (Å²) in [7, 11) is 0. The van der Waals surface area contributed by atoms with Gasteiger partial charge in [-0.05, 0) is 32.9 Å². The number of rotatable bonds is 1. The van der Waals surface area contributed by atoms with Gasteiger partial charge in [0.15, 0.2) is 0 Å². The van der Waals surface area contributed by atoms with Gasteiger partial charge in [0, 0.05) is 16.5 Å². The number of ether oxygens (including phenoxy) is 2. The van der Waals surface area contributed by atoms with Gasteiger partial charge in [-0.2, -0.15) is 0 Å². The van der Waals surface area contributed by atoms with Gasteiger partial charge in [0.05, 0.1) is 12.6 Å². The Labute approximate surface area is 121 Å². The summed E-state index contributed by atoms with van der Waals surface area (Å²) in [5.74, 6) is 0.807. The van der Waals surface area contributed by atoms with Crippen LogP contribution in [0.15, 0.2) is 22.7 Å². The van der Waals surface area contributed by atoms with Gasteiger partial charge in [0.25, 0.3) is 0 Å². The van der Waals surface area contributed by atoms with Crippen LogP contribution in [0.2, 0.25) is 0 Å². The molecule has 1 heterocycles. The Hall–Kier alpha value is -1.23. The number of nitrogens with one attached hydrogen (secondary N) is 1. The van der Waals surface area contributed by atoms with E-state index in [0.29, 0.717) is 6.61 Å². The number of alkyl carbamates (subject to hydrolysis) is 1. The Morgan fingerprint density at radius 3 is 2.89 bits per heavy atom. The van der Waals surface area contributed by atoms with Crippen LogP contribution in [0.25, 0.3) is 0 Å². The first-order valence-corrected chi connectivity index (χ1v) is 7.06. The lowest BCUT2D eigenvalue weighted by molar-refractivity contribution is 0.0491. The van der Waals surface area contributed by atoms with Gasteiger partial charge in [0.1, 0.15) is 11.4 Å². The van der Waals surface area contributed by atoms with Crippen molar-refractivity contribution < 1.29 is 14.3 Å². The Morgan fingerprint density at radius 1 is 1.47 bits per heavy atom. The summed E-state index contributed by atoms with van der Waals surface area (Å²) in [6.07, 6.45) is 0.349. The number of hydrogen-bond acceptors (Lipinski definition) is 3. The molecule has 0 spiro atoms. The lowest BCUT2D eigenvalue weighted by Gasteiger charge is -2.28. The molecule has 2 rings (SSSR count). The maximum atomic E-state index is 11.8. The first-order chi connectivity index (χ1) is 8.85. The minimum atomic E-state index is -0.488. The Bertz CT molecular complexity index is 482. The lowest BCUT2D eigenvalue weighted by Crippen LogP contribution is -2.36. The molecule has 1 aliphatic rings. The molecule has 0 aliphatic carbocycles. The average Bonchev–Trinajstić information content (AvgIpc) is 2.26. The van der Waals surface area contributed by atoms with Crippen LogP contribution in [0.3, 0.4) is 0 Å². The third-order valence-electron chi connectivity index (χ3n) is 2.71. The summed E-state index contributed by atoms with van der Waals surface area (Å²) in [6.45, 7) is 6.13. The molecule has 5 heteroatoms. The van der Waals surface area contributed by atoms with Crippen LogP contribution in [-0.2, 0) is 4.74 Å². The summed E-state index contributed by atoms with van der Waals surface area (Å²) in [4.78, 5) is 11.8. The van der Waals surface area contributed by atoms with Gasteiger partial charge in [-0.15, -0.1) is 0 Å². The Balaban J connectivity index is 2.09. The van der Waals surface area contributed by atoms with E-state index >= 15 is 0 Å². The van der Waals surface area contributed by atoms with E-state index in [1.165, 1.54) is 0 Å². The molecule has 0 fully saturated rings. The molecule has 1 atom stereocenters. The fourth-order valence-corrected chi connectivity index (χ4v) is 2.30. The molecule has 1 amide bonds. The molecular weight excluding hydrogens is 310 g/mol. The van der Waals surface area contributed by atoms with Gasteiger partial charge in [0.2, 0.25) is 0 Å². The second-order valence-electron chi connectivity index (χ2n) is 5.52. The third-order valence-corrected chi connectivity index (χ3v) is 3.20. The van der Waals surface area contributed by atoms with E-state index in [-0.39, 0.29) is 6.04 Å². The predicted molar refractivity (Wildman–Crippen MR) is 76.4 cm³/mol. The summed E-state index contributed by atoms with van der Waals surface area (Å²) >= 11 is 3.41. The van der Waals surface area contributed by atoms with Crippen molar-refractivity contribution in [3.8, 4) is 5.75 Å². The molecule has 0 aromatic heterocycles. The van der Waals surface area contributed by atoms with E-state index in [1.807, 2.05) is 39.0 Å². The lowest BCUT2D eigenvalue weighted by atomic mass is 10.0. The number of fused-ring (bicyclic) bond motifs is 1. The largest absolute Gasteiger partial charge is 0.493 e. The van der Waals surface area contributed by atoms with Crippen molar-refractivity contribution in [2.24, 2.45) is 0 Å². The molecule has 1 aliphatic heterocycles. The number of benzene rings is 1. The van der Waals surface area contributed by atoms with Crippen molar-refractivity contribution in [2.45, 2.75) is 38.8 Å². The van der Waals surface area contributed by atoms with Crippen LogP contribution >= 0.6 is 15.9 Å². The van der Waals surface area contributed by atoms with Crippen LogP contribution in [0.4, 0.5) is 4.79 Å². The van der Waals surface area contributed by atoms with Gasteiger partial charge in [-0.25, -0.2) is 4.79 Å². The summed E-state index contributed by atoms with van der Waals surface area (Å²) in [5, 5.41) is 2.89. The smallest absolute Gasteiger partial charge is 0.408 e. The van der Waals surface area contributed by atoms with Crippen molar-refractivity contribution in [1.29, 1.82) is 0 Å². The van der Waals surface area contributed by atoms with Gasteiger partial charge in [-0.3, -0.25) is 0 Å². The molecule has 0 saturated heterocycles. The summed E-state index contributed by atoms with van der Waals surface area (Å²) in [5.41, 5.74) is 0.498. The van der Waals surface area contributed by atoms with E-state index < -0.39 is 11.7 Å². The molecule has 1 aromatic carbocycles. The van der Waals surface area contributed by atoms with Crippen LogP contribution in [0.1, 0.15) is 38.8 Å². The molecule has 0 radical (unpaired) electrons. The van der Waals surface area contributed by atoms with Crippen molar-refractivity contribution >= 4 is 22.0 Å². The average molecular weight is 328 g/mol. The third kappa shape index (κ3) is 3.86. The van der Waals surface area contributed by atoms with Crippen LogP contribution in [0, 0.1) is 0 Å². The number of halogens is 1. The first-order valence-electron chi connectivity index (χ1n) is 6.27. The Morgan fingerprint density at radius 2 is 2.21 bits per heavy atom. The van der Waals surface area contributed by atoms with Gasteiger partial charge in [-0.1, -0.05) is 22.0 Å². The molecule has 19 heavy (non-hydrogen) atoms. The van der Waals surface area contributed by atoms with Crippen molar-refractivity contribution in [3.63, 3.8) is 0 Å². The molecule has 0 unspecified atom stereocenters. The van der Waals surface area contributed by atoms with E-state index in [0.717, 1.165) is 22.2 Å². The highest BCUT2D eigenvalue weighted by Gasteiger charge is 2.25. The van der Waals surface area contributed by atoms with Crippen molar-refractivity contribution in [3.05, 3.63) is 28.2 Å². The van der Waals surface area contributed by atoms with E-state index in [2.05, 4.69) is 21.2 Å². The van der Waals surface area contributed by atoms with E-state index in [1.54, 1.807) is 0 Å². The highest BCUT2D eigenvalue weighted by Crippen LogP contribution is 2.34. The molecule has 0 saturated carbocycles. The van der Waals surface area contributed by atoms with Crippen LogP contribution in [-0.4, -0.2) is 18.3 Å². The number of hydrogen-bond donors (Lipinski definition) is 1. The molecule has 0 bridgehead atoms. The van der Waals surface area contributed by atoms with E-state index in [4.69, 9.17) is 9.47 Å². The van der Waals surface area contributed by atoms with Gasteiger partial charge < -0.3 is 14.8 Å². The van der Waals surface area contributed by atoms with Crippen molar-refractivity contribution in [2.75, 3.05) is 6.61 Å². The van der Waals surface area contributed by atoms with Gasteiger partial charge >= 0.3 is 6.09 Å². The second-order valence-corrected chi connectivity index (χ2v) is 6.43. The standard InChI is InChI=1S/C14H18BrNO3/c1-14(2,3)19-13(17)16-11-6-7-18-12-8-9(15)4-5-10(11)12/h4-5,8,11H,6-7H2,1-3H3,(H,16,17)/t11-/m1/s1. The van der Waals surface area contributed by atoms with E-state index in [9.17, 15) is 4.79 Å². The van der Waals surface area contributed by atoms with Crippen LogP contribution < -0.4 is 10.1 Å². The fourth-order valence-electron chi connectivity index (χ4n) is 1.96. The highest BCUT2D eigenvalue weighted by atomic mass is 79.9. The number of amides is 1. The van der Waals surface area contributed by atoms with Crippen molar-refractivity contribution in [1.82, 2.24) is 5.32 Å². The maximum Gasteiger partial charge on any atom is 0.408 e. The molecule has 4 nitrogen and oxygen atoms in total. The Kier molecular flexibility index (Phi) is 4.04. The topological polar surface area (TPSA) is 47.6 Å². The first kappa shape index (κ1) is 14.2. The molecule has 104 valence electrons. The quantitative estimate of drug-likeness (QED) is 0.853. The SMILES string of the molecule is CC(C)(C)OC(=O)N[C@@H]1CCOc2cc(Br)ccc21. The minimum Gasteiger partial charge on any atom is -0.493 e. The number of carbonyl (C=O) groups is 1. The maximum absolute atomic E-state index is 11.8. The number of carbonyl (C=O) groups excluding carboxylic acids is 1. The summed E-state index contributed by atoms with van der Waals surface area (Å²) < 4.78 is 11.8. The van der Waals surface area contributed by atoms with Crippen LogP contribution in [0.5, 0.6) is 5.75 Å². The highest BCUT2D eigenvalue weighted by molar-refractivity contribution is 9.10. The molecule has 1 N–H and O–H groups in total. The summed E-state index contributed by atoms with van der Waals surface area (Å²) in [6, 6.07) is 5.75. The normalized spacial score (nSPS) is 18.2. The zero-order valence-corrected chi connectivity index (χ0v) is 12.9. The fraction of sp³-hybridized carbons (Fsp3) is 0.500.